The molecule has 0 aromatic heterocycles. The number of rotatable bonds is 11. The highest BCUT2D eigenvalue weighted by atomic mass is 127. The van der Waals surface area contributed by atoms with Gasteiger partial charge >= 0.3 is 0 Å². The Labute approximate surface area is 185 Å². The van der Waals surface area contributed by atoms with Crippen LogP contribution in [0.1, 0.15) is 49.7 Å². The van der Waals surface area contributed by atoms with E-state index in [0.29, 0.717) is 0 Å². The lowest BCUT2D eigenvalue weighted by molar-refractivity contribution is 0.411. The van der Waals surface area contributed by atoms with Crippen molar-refractivity contribution in [3.63, 3.8) is 0 Å². The summed E-state index contributed by atoms with van der Waals surface area (Å²) in [6, 6.07) is 13.0. The molecule has 0 saturated heterocycles. The SMILES string of the molecule is COc1ccc(CCCCCCCCc2ccc(OC)c(I)c2)cc1I. The summed E-state index contributed by atoms with van der Waals surface area (Å²) in [6.45, 7) is 0. The van der Waals surface area contributed by atoms with Gasteiger partial charge in [-0.15, -0.1) is 0 Å². The Balaban J connectivity index is 1.55. The normalized spacial score (nSPS) is 10.8. The molecule has 2 nitrogen and oxygen atoms in total. The van der Waals surface area contributed by atoms with Crippen LogP contribution in [0.4, 0.5) is 0 Å². The van der Waals surface area contributed by atoms with Crippen LogP contribution in [-0.4, -0.2) is 14.2 Å². The van der Waals surface area contributed by atoms with E-state index >= 15 is 0 Å². The molecule has 0 saturated carbocycles. The molecule has 0 spiro atoms. The fraction of sp³-hybridized carbons (Fsp3) is 0.455. The maximum absolute atomic E-state index is 5.32. The zero-order chi connectivity index (χ0) is 18.8. The van der Waals surface area contributed by atoms with Gasteiger partial charge in [-0.1, -0.05) is 37.8 Å². The first-order chi connectivity index (χ1) is 12.6. The van der Waals surface area contributed by atoms with Gasteiger partial charge in [0.15, 0.2) is 0 Å². The molecule has 0 bridgehead atoms. The zero-order valence-corrected chi connectivity index (χ0v) is 20.0. The topological polar surface area (TPSA) is 18.5 Å². The largest absolute Gasteiger partial charge is 0.496 e. The number of methoxy groups -OCH3 is 2. The lowest BCUT2D eigenvalue weighted by atomic mass is 10.0. The van der Waals surface area contributed by atoms with E-state index in [2.05, 4.69) is 81.6 Å². The van der Waals surface area contributed by atoms with E-state index in [4.69, 9.17) is 9.47 Å². The molecular weight excluding hydrogens is 550 g/mol. The molecule has 26 heavy (non-hydrogen) atoms. The minimum Gasteiger partial charge on any atom is -0.496 e. The van der Waals surface area contributed by atoms with Crippen LogP contribution in [0.25, 0.3) is 0 Å². The lowest BCUT2D eigenvalue weighted by Gasteiger charge is -2.07. The van der Waals surface area contributed by atoms with Crippen molar-refractivity contribution < 1.29 is 9.47 Å². The number of hydrogen-bond acceptors (Lipinski definition) is 2. The lowest BCUT2D eigenvalue weighted by Crippen LogP contribution is -1.92. The van der Waals surface area contributed by atoms with E-state index in [1.807, 2.05) is 0 Å². The van der Waals surface area contributed by atoms with Crippen molar-refractivity contribution in [1.82, 2.24) is 0 Å². The molecule has 2 aromatic rings. The number of unbranched alkanes of at least 4 members (excludes halogenated alkanes) is 5. The van der Waals surface area contributed by atoms with Crippen LogP contribution in [0.5, 0.6) is 11.5 Å². The first-order valence-electron chi connectivity index (χ1n) is 9.29. The van der Waals surface area contributed by atoms with Crippen molar-refractivity contribution in [2.75, 3.05) is 14.2 Å². The third kappa shape index (κ3) is 7.25. The molecule has 0 heterocycles. The van der Waals surface area contributed by atoms with Gasteiger partial charge in [-0.25, -0.2) is 0 Å². The Morgan fingerprint density at radius 1 is 0.615 bits per heavy atom. The van der Waals surface area contributed by atoms with Gasteiger partial charge in [-0.3, -0.25) is 0 Å². The summed E-state index contributed by atoms with van der Waals surface area (Å²) in [5.74, 6) is 1.95. The van der Waals surface area contributed by atoms with Crippen molar-refractivity contribution >= 4 is 45.2 Å². The maximum Gasteiger partial charge on any atom is 0.132 e. The Morgan fingerprint density at radius 2 is 1.00 bits per heavy atom. The van der Waals surface area contributed by atoms with E-state index in [9.17, 15) is 0 Å². The summed E-state index contributed by atoms with van der Waals surface area (Å²) in [5.41, 5.74) is 2.84. The molecule has 0 aliphatic carbocycles. The molecule has 2 rings (SSSR count). The second-order valence-electron chi connectivity index (χ2n) is 6.56. The smallest absolute Gasteiger partial charge is 0.132 e. The van der Waals surface area contributed by atoms with Crippen LogP contribution in [0.15, 0.2) is 36.4 Å². The molecule has 0 atom stereocenters. The fourth-order valence-electron chi connectivity index (χ4n) is 3.10. The highest BCUT2D eigenvalue weighted by molar-refractivity contribution is 14.1. The van der Waals surface area contributed by atoms with E-state index in [0.717, 1.165) is 11.5 Å². The maximum atomic E-state index is 5.32. The van der Waals surface area contributed by atoms with Gasteiger partial charge in [0.25, 0.3) is 0 Å². The van der Waals surface area contributed by atoms with Gasteiger partial charge in [-0.05, 0) is 106 Å². The average Bonchev–Trinajstić information content (AvgIpc) is 2.64. The fourth-order valence-corrected chi connectivity index (χ4v) is 4.70. The Kier molecular flexibility index (Phi) is 10.1. The van der Waals surface area contributed by atoms with Crippen molar-refractivity contribution in [3.8, 4) is 11.5 Å². The summed E-state index contributed by atoms with van der Waals surface area (Å²) in [7, 11) is 3.46. The average molecular weight is 578 g/mol. The standard InChI is InChI=1S/C22H28I2O2/c1-25-21-13-11-17(15-19(21)23)9-7-5-3-4-6-8-10-18-12-14-22(26-2)20(24)16-18/h11-16H,3-10H2,1-2H3. The number of ether oxygens (including phenoxy) is 2. The van der Waals surface area contributed by atoms with Gasteiger partial charge in [-0.2, -0.15) is 0 Å². The summed E-state index contributed by atoms with van der Waals surface area (Å²) in [5, 5.41) is 0. The number of benzene rings is 2. The van der Waals surface area contributed by atoms with Crippen molar-refractivity contribution in [3.05, 3.63) is 54.7 Å². The second-order valence-corrected chi connectivity index (χ2v) is 8.88. The van der Waals surface area contributed by atoms with Crippen LogP contribution < -0.4 is 9.47 Å². The Bertz CT molecular complexity index is 626. The Hall–Kier alpha value is -0.500. The Morgan fingerprint density at radius 3 is 1.35 bits per heavy atom. The van der Waals surface area contributed by atoms with Crippen LogP contribution in [-0.2, 0) is 12.8 Å². The first-order valence-corrected chi connectivity index (χ1v) is 11.4. The third-order valence-electron chi connectivity index (χ3n) is 4.61. The highest BCUT2D eigenvalue weighted by Gasteiger charge is 2.03. The van der Waals surface area contributed by atoms with Gasteiger partial charge in [0.05, 0.1) is 21.4 Å². The molecule has 0 aliphatic heterocycles. The summed E-state index contributed by atoms with van der Waals surface area (Å²) < 4.78 is 13.0. The number of aryl methyl sites for hydroxylation is 2. The van der Waals surface area contributed by atoms with Crippen molar-refractivity contribution in [2.45, 2.75) is 51.4 Å². The minimum absolute atomic E-state index is 0.973. The first kappa shape index (κ1) is 21.8. The molecule has 0 fully saturated rings. The van der Waals surface area contributed by atoms with Crippen LogP contribution >= 0.6 is 45.2 Å². The van der Waals surface area contributed by atoms with Gasteiger partial charge in [0.1, 0.15) is 11.5 Å². The number of halogens is 2. The van der Waals surface area contributed by atoms with E-state index < -0.39 is 0 Å². The summed E-state index contributed by atoms with van der Waals surface area (Å²) in [6.07, 6.45) is 10.2. The van der Waals surface area contributed by atoms with Crippen molar-refractivity contribution in [2.24, 2.45) is 0 Å². The highest BCUT2D eigenvalue weighted by Crippen LogP contribution is 2.24. The molecule has 0 unspecified atom stereocenters. The second kappa shape index (κ2) is 12.1. The predicted octanol–water partition coefficient (Wildman–Crippen LogP) is 7.04. The van der Waals surface area contributed by atoms with Gasteiger partial charge < -0.3 is 9.47 Å². The molecule has 0 N–H and O–H groups in total. The van der Waals surface area contributed by atoms with Crippen LogP contribution in [0.2, 0.25) is 0 Å². The molecule has 0 radical (unpaired) electrons. The van der Waals surface area contributed by atoms with E-state index in [1.54, 1.807) is 14.2 Å². The molecule has 0 amide bonds. The molecule has 142 valence electrons. The van der Waals surface area contributed by atoms with Crippen molar-refractivity contribution in [1.29, 1.82) is 0 Å². The molecule has 2 aromatic carbocycles. The van der Waals surface area contributed by atoms with E-state index in [-0.39, 0.29) is 0 Å². The summed E-state index contributed by atoms with van der Waals surface area (Å²) in [4.78, 5) is 0. The monoisotopic (exact) mass is 578 g/mol. The van der Waals surface area contributed by atoms with Gasteiger partial charge in [0, 0.05) is 0 Å². The van der Waals surface area contributed by atoms with E-state index in [1.165, 1.54) is 69.6 Å². The van der Waals surface area contributed by atoms with Crippen LogP contribution in [0, 0.1) is 7.14 Å². The summed E-state index contributed by atoms with van der Waals surface area (Å²) >= 11 is 4.70. The van der Waals surface area contributed by atoms with Gasteiger partial charge in [0.2, 0.25) is 0 Å². The molecule has 4 heteroatoms. The molecular formula is C22H28I2O2. The minimum atomic E-state index is 0.973. The molecule has 0 aliphatic rings. The quantitative estimate of drug-likeness (QED) is 0.211. The third-order valence-corrected chi connectivity index (χ3v) is 6.30. The zero-order valence-electron chi connectivity index (χ0n) is 15.7. The predicted molar refractivity (Wildman–Crippen MR) is 127 cm³/mol. The van der Waals surface area contributed by atoms with Crippen LogP contribution in [0.3, 0.4) is 0 Å². The number of hydrogen-bond donors (Lipinski definition) is 0.